The first kappa shape index (κ1) is 14.8. The van der Waals surface area contributed by atoms with E-state index in [1.54, 1.807) is 0 Å². The Hall–Kier alpha value is -1.61. The first-order valence-electron chi connectivity index (χ1n) is 6.45. The maximum Gasteiger partial charge on any atom is 0.167 e. The fourth-order valence-electron chi connectivity index (χ4n) is 2.27. The van der Waals surface area contributed by atoms with Crippen LogP contribution in [0.3, 0.4) is 0 Å². The first-order chi connectivity index (χ1) is 9.54. The monoisotopic (exact) mass is 288 g/mol. The Bertz CT molecular complexity index is 635. The summed E-state index contributed by atoms with van der Waals surface area (Å²) in [5.41, 5.74) is 3.16. The number of hydrogen-bond donors (Lipinski definition) is 0. The Morgan fingerprint density at radius 1 is 1.15 bits per heavy atom. The molecule has 0 bridgehead atoms. The van der Waals surface area contributed by atoms with Crippen LogP contribution in [0.4, 0.5) is 4.39 Å². The number of thioether (sulfide) groups is 1. The number of Topliss-reactive ketones (excluding diaryl/α,β-unsaturated/α-hetero) is 1. The van der Waals surface area contributed by atoms with Crippen LogP contribution in [0.25, 0.3) is 0 Å². The second-order valence-corrected chi connectivity index (χ2v) is 5.59. The van der Waals surface area contributed by atoms with Crippen molar-refractivity contribution in [3.63, 3.8) is 0 Å². The highest BCUT2D eigenvalue weighted by molar-refractivity contribution is 7.98. The van der Waals surface area contributed by atoms with Crippen molar-refractivity contribution in [1.82, 2.24) is 0 Å². The number of halogens is 1. The zero-order valence-corrected chi connectivity index (χ0v) is 12.7. The summed E-state index contributed by atoms with van der Waals surface area (Å²) in [5, 5.41) is 0. The maximum atomic E-state index is 14.0. The third kappa shape index (κ3) is 2.93. The lowest BCUT2D eigenvalue weighted by Crippen LogP contribution is -2.08. The molecule has 1 nitrogen and oxygen atoms in total. The van der Waals surface area contributed by atoms with Crippen LogP contribution < -0.4 is 0 Å². The molecule has 2 aromatic rings. The molecular weight excluding hydrogens is 271 g/mol. The van der Waals surface area contributed by atoms with Gasteiger partial charge in [-0.3, -0.25) is 4.79 Å². The summed E-state index contributed by atoms with van der Waals surface area (Å²) in [6, 6.07) is 10.9. The highest BCUT2D eigenvalue weighted by Crippen LogP contribution is 2.29. The van der Waals surface area contributed by atoms with Gasteiger partial charge >= 0.3 is 0 Å². The predicted molar refractivity (Wildman–Crippen MR) is 82.1 cm³/mol. The molecule has 0 aliphatic heterocycles. The summed E-state index contributed by atoms with van der Waals surface area (Å²) in [7, 11) is 0. The smallest absolute Gasteiger partial charge is 0.167 e. The van der Waals surface area contributed by atoms with E-state index in [9.17, 15) is 9.18 Å². The summed E-state index contributed by atoms with van der Waals surface area (Å²) in [4.78, 5) is 13.0. The van der Waals surface area contributed by atoms with Crippen LogP contribution in [0.1, 0.15) is 27.0 Å². The van der Waals surface area contributed by atoms with Gasteiger partial charge in [0.25, 0.3) is 0 Å². The third-order valence-electron chi connectivity index (χ3n) is 3.51. The average Bonchev–Trinajstić information content (AvgIpc) is 2.44. The van der Waals surface area contributed by atoms with Gasteiger partial charge in [0.2, 0.25) is 0 Å². The molecule has 20 heavy (non-hydrogen) atoms. The fraction of sp³-hybridized carbons (Fsp3) is 0.235. The quantitative estimate of drug-likeness (QED) is 0.604. The molecule has 0 saturated heterocycles. The van der Waals surface area contributed by atoms with Gasteiger partial charge in [-0.25, -0.2) is 4.39 Å². The predicted octanol–water partition coefficient (Wildman–Crippen LogP) is 4.59. The summed E-state index contributed by atoms with van der Waals surface area (Å²) in [6.45, 7) is 3.75. The number of carbonyl (C=O) groups is 1. The minimum atomic E-state index is -0.308. The Labute approximate surface area is 123 Å². The van der Waals surface area contributed by atoms with Crippen molar-refractivity contribution in [2.45, 2.75) is 25.2 Å². The van der Waals surface area contributed by atoms with Crippen molar-refractivity contribution in [3.8, 4) is 0 Å². The summed E-state index contributed by atoms with van der Waals surface area (Å²) in [5.74, 6) is -0.347. The van der Waals surface area contributed by atoms with E-state index in [0.29, 0.717) is 16.9 Å². The largest absolute Gasteiger partial charge is 0.294 e. The fourth-order valence-corrected chi connectivity index (χ4v) is 2.98. The zero-order valence-electron chi connectivity index (χ0n) is 11.9. The Morgan fingerprint density at radius 3 is 2.40 bits per heavy atom. The highest BCUT2D eigenvalue weighted by Gasteiger charge is 2.17. The van der Waals surface area contributed by atoms with Crippen molar-refractivity contribution < 1.29 is 9.18 Å². The molecule has 0 aliphatic rings. The van der Waals surface area contributed by atoms with Crippen molar-refractivity contribution in [3.05, 3.63) is 64.5 Å². The van der Waals surface area contributed by atoms with Crippen LogP contribution >= 0.6 is 11.8 Å². The summed E-state index contributed by atoms with van der Waals surface area (Å²) >= 11 is 1.37. The average molecular weight is 288 g/mol. The van der Waals surface area contributed by atoms with Crippen LogP contribution in [0.2, 0.25) is 0 Å². The molecule has 3 heteroatoms. The molecule has 0 radical (unpaired) electrons. The van der Waals surface area contributed by atoms with Gasteiger partial charge in [0.1, 0.15) is 5.82 Å². The van der Waals surface area contributed by atoms with Crippen LogP contribution in [0.15, 0.2) is 41.3 Å². The third-order valence-corrected chi connectivity index (χ3v) is 4.42. The number of carbonyl (C=O) groups excluding carboxylic acids is 1. The second-order valence-electron chi connectivity index (χ2n) is 4.77. The van der Waals surface area contributed by atoms with Crippen LogP contribution in [-0.4, -0.2) is 12.0 Å². The van der Waals surface area contributed by atoms with Crippen molar-refractivity contribution in [1.29, 1.82) is 0 Å². The van der Waals surface area contributed by atoms with E-state index < -0.39 is 0 Å². The van der Waals surface area contributed by atoms with Crippen molar-refractivity contribution in [2.75, 3.05) is 6.26 Å². The van der Waals surface area contributed by atoms with Gasteiger partial charge in [-0.2, -0.15) is 0 Å². The normalized spacial score (nSPS) is 10.6. The molecule has 0 aliphatic carbocycles. The van der Waals surface area contributed by atoms with Crippen LogP contribution in [0.5, 0.6) is 0 Å². The van der Waals surface area contributed by atoms with Gasteiger partial charge < -0.3 is 0 Å². The SMILES string of the molecule is CSc1c(F)cc(C(=O)Cc2ccccc2)c(C)c1C. The van der Waals surface area contributed by atoms with Crippen LogP contribution in [-0.2, 0) is 6.42 Å². The molecule has 0 aromatic heterocycles. The Morgan fingerprint density at radius 2 is 1.80 bits per heavy atom. The van der Waals surface area contributed by atoms with Crippen molar-refractivity contribution >= 4 is 17.5 Å². The standard InChI is InChI=1S/C17H17FOS/c1-11-12(2)17(20-3)15(18)10-14(11)16(19)9-13-7-5-4-6-8-13/h4-8,10H,9H2,1-3H3. The maximum absolute atomic E-state index is 14.0. The molecule has 0 N–H and O–H groups in total. The van der Waals surface area contributed by atoms with Crippen LogP contribution in [0, 0.1) is 19.7 Å². The molecule has 2 rings (SSSR count). The van der Waals surface area contributed by atoms with Gasteiger partial charge in [0.05, 0.1) is 0 Å². The van der Waals surface area contributed by atoms with Gasteiger partial charge in [0, 0.05) is 16.9 Å². The van der Waals surface area contributed by atoms with Gasteiger partial charge in [-0.1, -0.05) is 30.3 Å². The van der Waals surface area contributed by atoms with E-state index in [2.05, 4.69) is 0 Å². The van der Waals surface area contributed by atoms with Crippen molar-refractivity contribution in [2.24, 2.45) is 0 Å². The molecule has 2 aromatic carbocycles. The van der Waals surface area contributed by atoms with Gasteiger partial charge in [-0.15, -0.1) is 11.8 Å². The van der Waals surface area contributed by atoms with E-state index in [-0.39, 0.29) is 11.6 Å². The lowest BCUT2D eigenvalue weighted by Gasteiger charge is -2.12. The molecule has 0 fully saturated rings. The first-order valence-corrected chi connectivity index (χ1v) is 7.68. The summed E-state index contributed by atoms with van der Waals surface area (Å²) in [6.07, 6.45) is 2.15. The zero-order chi connectivity index (χ0) is 14.7. The van der Waals surface area contributed by atoms with E-state index in [0.717, 1.165) is 16.7 Å². The molecule has 0 amide bonds. The molecular formula is C17H17FOS. The minimum absolute atomic E-state index is 0.0386. The minimum Gasteiger partial charge on any atom is -0.294 e. The van der Waals surface area contributed by atoms with Gasteiger partial charge in [0.15, 0.2) is 5.78 Å². The number of benzene rings is 2. The molecule has 0 heterocycles. The van der Waals surface area contributed by atoms with E-state index in [1.807, 2.05) is 50.4 Å². The summed E-state index contributed by atoms with van der Waals surface area (Å²) < 4.78 is 14.0. The Balaban J connectivity index is 2.36. The topological polar surface area (TPSA) is 17.1 Å². The van der Waals surface area contributed by atoms with E-state index in [4.69, 9.17) is 0 Å². The highest BCUT2D eigenvalue weighted by atomic mass is 32.2. The number of ketones is 1. The lowest BCUT2D eigenvalue weighted by atomic mass is 9.96. The molecule has 0 saturated carbocycles. The number of hydrogen-bond acceptors (Lipinski definition) is 2. The van der Waals surface area contributed by atoms with Gasteiger partial charge in [-0.05, 0) is 42.9 Å². The lowest BCUT2D eigenvalue weighted by molar-refractivity contribution is 0.0991. The molecule has 0 unspecified atom stereocenters. The second kappa shape index (κ2) is 6.23. The van der Waals surface area contributed by atoms with E-state index in [1.165, 1.54) is 17.8 Å². The number of rotatable bonds is 4. The molecule has 0 atom stereocenters. The molecule has 104 valence electrons. The van der Waals surface area contributed by atoms with E-state index >= 15 is 0 Å². The molecule has 0 spiro atoms. The Kier molecular flexibility index (Phi) is 4.61.